The number of hydrogen-bond donors (Lipinski definition) is 2. The molecule has 2 atom stereocenters. The van der Waals surface area contributed by atoms with Crippen LogP contribution >= 0.6 is 11.6 Å². The lowest BCUT2D eigenvalue weighted by Gasteiger charge is -2.29. The molecule has 0 unspecified atom stereocenters. The van der Waals surface area contributed by atoms with Crippen LogP contribution in [0.2, 0.25) is 5.02 Å². The maximum Gasteiger partial charge on any atom is 0.277 e. The number of amides is 1. The molecule has 9 nitrogen and oxygen atoms in total. The van der Waals surface area contributed by atoms with Crippen LogP contribution in [0.25, 0.3) is 11.0 Å². The zero-order valence-corrected chi connectivity index (χ0v) is 20.7. The highest BCUT2D eigenvalue weighted by molar-refractivity contribution is 6.44. The van der Waals surface area contributed by atoms with E-state index in [2.05, 4.69) is 15.4 Å². The molecule has 10 heteroatoms. The molecular weight excluding hydrogens is 486 g/mol. The number of ether oxygens (including phenoxy) is 2. The van der Waals surface area contributed by atoms with Gasteiger partial charge in [-0.15, -0.1) is 0 Å². The third-order valence-corrected chi connectivity index (χ3v) is 6.60. The zero-order chi connectivity index (χ0) is 25.1. The van der Waals surface area contributed by atoms with E-state index in [0.29, 0.717) is 47.4 Å². The van der Waals surface area contributed by atoms with Crippen LogP contribution in [0.4, 0.5) is 0 Å². The van der Waals surface area contributed by atoms with Crippen molar-refractivity contribution in [2.75, 3.05) is 40.0 Å². The third-order valence-electron chi connectivity index (χ3n) is 6.37. The molecule has 0 radical (unpaired) electrons. The molecular formula is C26H28ClN3O6. The number of carbonyl (C=O) groups excluding carboxylic acids is 1. The number of furan rings is 1. The molecule has 0 bridgehead atoms. The highest BCUT2D eigenvalue weighted by Gasteiger charge is 2.30. The molecule has 0 aliphatic carbocycles. The van der Waals surface area contributed by atoms with Gasteiger partial charge in [-0.05, 0) is 67.9 Å². The largest absolute Gasteiger partial charge is 0.486 e. The molecule has 2 aliphatic rings. The molecule has 2 aromatic carbocycles. The van der Waals surface area contributed by atoms with Gasteiger partial charge in [0.2, 0.25) is 5.71 Å². The normalized spacial score (nSPS) is 17.7. The Morgan fingerprint density at radius 2 is 1.92 bits per heavy atom. The number of carbonyl (C=O) groups is 1. The summed E-state index contributed by atoms with van der Waals surface area (Å²) in [5.41, 5.74) is 1.15. The Labute approximate surface area is 213 Å². The van der Waals surface area contributed by atoms with Crippen LogP contribution in [0.15, 0.2) is 52.0 Å². The first-order valence-corrected chi connectivity index (χ1v) is 12.3. The minimum atomic E-state index is -0.997. The van der Waals surface area contributed by atoms with Crippen molar-refractivity contribution < 1.29 is 28.6 Å². The summed E-state index contributed by atoms with van der Waals surface area (Å²) in [6.45, 7) is 3.21. The maximum absolute atomic E-state index is 13.4. The molecule has 190 valence electrons. The first kappa shape index (κ1) is 24.4. The van der Waals surface area contributed by atoms with Gasteiger partial charge in [0.1, 0.15) is 32.0 Å². The van der Waals surface area contributed by atoms with E-state index in [1.165, 1.54) is 7.11 Å². The molecule has 0 spiro atoms. The lowest BCUT2D eigenvalue weighted by Crippen LogP contribution is -2.48. The van der Waals surface area contributed by atoms with E-state index < -0.39 is 18.1 Å². The van der Waals surface area contributed by atoms with Gasteiger partial charge in [0.15, 0.2) is 17.3 Å². The van der Waals surface area contributed by atoms with E-state index in [-0.39, 0.29) is 11.5 Å². The average Bonchev–Trinajstić information content (AvgIpc) is 3.55. The molecule has 1 amide bonds. The van der Waals surface area contributed by atoms with E-state index in [1.54, 1.807) is 42.5 Å². The van der Waals surface area contributed by atoms with Crippen molar-refractivity contribution in [1.82, 2.24) is 10.2 Å². The van der Waals surface area contributed by atoms with Crippen LogP contribution in [0.3, 0.4) is 0 Å². The highest BCUT2D eigenvalue weighted by Crippen LogP contribution is 2.33. The maximum atomic E-state index is 13.4. The lowest BCUT2D eigenvalue weighted by molar-refractivity contribution is -0.116. The molecule has 3 aromatic rings. The number of likely N-dealkylation sites (tertiary alicyclic amines) is 1. The lowest BCUT2D eigenvalue weighted by atomic mass is 10.0. The van der Waals surface area contributed by atoms with Gasteiger partial charge in [-0.1, -0.05) is 22.8 Å². The molecule has 3 heterocycles. The second-order valence-corrected chi connectivity index (χ2v) is 9.29. The first-order valence-electron chi connectivity index (χ1n) is 11.9. The number of aliphatic hydroxyl groups is 1. The van der Waals surface area contributed by atoms with Crippen LogP contribution in [0.5, 0.6) is 11.5 Å². The summed E-state index contributed by atoms with van der Waals surface area (Å²) in [5, 5.41) is 19.6. The first-order chi connectivity index (χ1) is 17.5. The number of rotatable bonds is 8. The van der Waals surface area contributed by atoms with Crippen molar-refractivity contribution in [3.8, 4) is 11.5 Å². The van der Waals surface area contributed by atoms with Crippen LogP contribution < -0.4 is 14.8 Å². The van der Waals surface area contributed by atoms with Crippen molar-refractivity contribution in [2.45, 2.75) is 25.0 Å². The fraction of sp³-hybridized carbons (Fsp3) is 0.385. The Morgan fingerprint density at radius 3 is 2.69 bits per heavy atom. The monoisotopic (exact) mass is 513 g/mol. The Kier molecular flexibility index (Phi) is 7.31. The number of benzene rings is 2. The van der Waals surface area contributed by atoms with Crippen LogP contribution in [0.1, 0.15) is 30.3 Å². The number of halogens is 1. The zero-order valence-electron chi connectivity index (χ0n) is 19.9. The summed E-state index contributed by atoms with van der Waals surface area (Å²) < 4.78 is 17.1. The van der Waals surface area contributed by atoms with Crippen LogP contribution in [-0.2, 0) is 9.63 Å². The minimum Gasteiger partial charge on any atom is -0.486 e. The number of nitrogens with zero attached hydrogens (tertiary/aromatic N) is 2. The van der Waals surface area contributed by atoms with Crippen molar-refractivity contribution >= 4 is 34.2 Å². The van der Waals surface area contributed by atoms with Crippen LogP contribution in [0, 0.1) is 0 Å². The Morgan fingerprint density at radius 1 is 1.14 bits per heavy atom. The molecule has 1 aromatic heterocycles. The van der Waals surface area contributed by atoms with Gasteiger partial charge in [0.25, 0.3) is 5.91 Å². The van der Waals surface area contributed by atoms with E-state index in [4.69, 9.17) is 30.3 Å². The van der Waals surface area contributed by atoms with Gasteiger partial charge in [0.05, 0.1) is 6.04 Å². The van der Waals surface area contributed by atoms with Crippen molar-refractivity contribution in [2.24, 2.45) is 5.16 Å². The predicted octanol–water partition coefficient (Wildman–Crippen LogP) is 3.52. The second-order valence-electron chi connectivity index (χ2n) is 8.85. The number of fused-ring (bicyclic) bond motifs is 2. The molecule has 36 heavy (non-hydrogen) atoms. The molecule has 2 N–H and O–H groups in total. The van der Waals surface area contributed by atoms with Gasteiger partial charge in [-0.25, -0.2) is 0 Å². The summed E-state index contributed by atoms with van der Waals surface area (Å²) in [5.74, 6) is 0.923. The summed E-state index contributed by atoms with van der Waals surface area (Å²) in [6.07, 6.45) is 1.17. The predicted molar refractivity (Wildman–Crippen MR) is 135 cm³/mol. The fourth-order valence-corrected chi connectivity index (χ4v) is 4.78. The summed E-state index contributed by atoms with van der Waals surface area (Å²) in [6, 6.07) is 11.6. The topological polar surface area (TPSA) is 106 Å². The SMILES string of the molecule is CO/N=C(/C(=O)N[C@H](CN1CCCC1)[C@H](O)c1ccc2c(c1)OCCO2)c1cc2cc(Cl)ccc2o1. The molecule has 2 aliphatic heterocycles. The summed E-state index contributed by atoms with van der Waals surface area (Å²) >= 11 is 6.09. The van der Waals surface area contributed by atoms with E-state index >= 15 is 0 Å². The van der Waals surface area contributed by atoms with Crippen LogP contribution in [-0.4, -0.2) is 67.6 Å². The van der Waals surface area contributed by atoms with E-state index in [9.17, 15) is 9.90 Å². The molecule has 5 rings (SSSR count). The van der Waals surface area contributed by atoms with Gasteiger partial charge < -0.3 is 34.1 Å². The van der Waals surface area contributed by atoms with Crippen molar-refractivity contribution in [3.63, 3.8) is 0 Å². The van der Waals surface area contributed by atoms with Crippen molar-refractivity contribution in [3.05, 3.63) is 58.8 Å². The number of aliphatic hydroxyl groups excluding tert-OH is 1. The molecule has 1 saturated heterocycles. The number of oxime groups is 1. The fourth-order valence-electron chi connectivity index (χ4n) is 4.60. The Bertz CT molecular complexity index is 1270. The summed E-state index contributed by atoms with van der Waals surface area (Å²) in [7, 11) is 1.36. The standard InChI is InChI=1S/C26H28ClN3O6/c1-33-29-24(23-14-17-12-18(27)5-7-20(17)36-23)26(32)28-19(15-30-8-2-3-9-30)25(31)16-4-6-21-22(13-16)35-11-10-34-21/h4-7,12-14,19,25,31H,2-3,8-11,15H2,1H3,(H,28,32)/b29-24+/t19-,25-/m1/s1. The van der Waals surface area contributed by atoms with Crippen molar-refractivity contribution in [1.29, 1.82) is 0 Å². The Hall–Kier alpha value is -3.27. The van der Waals surface area contributed by atoms with E-state index in [0.717, 1.165) is 31.3 Å². The van der Waals surface area contributed by atoms with Gasteiger partial charge in [-0.2, -0.15) is 0 Å². The summed E-state index contributed by atoms with van der Waals surface area (Å²) in [4.78, 5) is 20.6. The average molecular weight is 514 g/mol. The molecule has 0 saturated carbocycles. The number of hydrogen-bond acceptors (Lipinski definition) is 8. The van der Waals surface area contributed by atoms with Gasteiger partial charge in [-0.3, -0.25) is 4.79 Å². The van der Waals surface area contributed by atoms with Gasteiger partial charge in [0, 0.05) is 17.0 Å². The quantitative estimate of drug-likeness (QED) is 0.350. The van der Waals surface area contributed by atoms with Gasteiger partial charge >= 0.3 is 0 Å². The molecule has 1 fully saturated rings. The Balaban J connectivity index is 1.41. The third kappa shape index (κ3) is 5.28. The van der Waals surface area contributed by atoms with E-state index in [1.807, 2.05) is 0 Å². The highest BCUT2D eigenvalue weighted by atomic mass is 35.5. The number of nitrogens with one attached hydrogen (secondary N) is 1. The minimum absolute atomic E-state index is 0.0365. The smallest absolute Gasteiger partial charge is 0.277 e. The second kappa shape index (κ2) is 10.8.